The minimum absolute atomic E-state index is 0.174. The number of amides is 1. The van der Waals surface area contributed by atoms with Gasteiger partial charge in [-0.25, -0.2) is 4.98 Å². The zero-order valence-electron chi connectivity index (χ0n) is 17.2. The molecule has 4 aromatic rings. The summed E-state index contributed by atoms with van der Waals surface area (Å²) in [7, 11) is 1.50. The summed E-state index contributed by atoms with van der Waals surface area (Å²) in [5.41, 5.74) is 2.01. The fourth-order valence-corrected chi connectivity index (χ4v) is 3.76. The highest BCUT2D eigenvalue weighted by molar-refractivity contribution is 9.10. The molecule has 0 atom stereocenters. The van der Waals surface area contributed by atoms with Crippen molar-refractivity contribution in [2.24, 2.45) is 0 Å². The number of aromatic amines is 1. The van der Waals surface area contributed by atoms with E-state index in [1.165, 1.54) is 7.11 Å². The molecule has 1 heterocycles. The number of para-hydroxylation sites is 1. The molecule has 0 aliphatic rings. The lowest BCUT2D eigenvalue weighted by atomic mass is 10.1. The third-order valence-electron chi connectivity index (χ3n) is 4.80. The van der Waals surface area contributed by atoms with Gasteiger partial charge in [0.05, 0.1) is 22.5 Å². The van der Waals surface area contributed by atoms with Gasteiger partial charge < -0.3 is 19.8 Å². The van der Waals surface area contributed by atoms with E-state index < -0.39 is 0 Å². The third-order valence-corrected chi connectivity index (χ3v) is 5.38. The summed E-state index contributed by atoms with van der Waals surface area (Å²) < 4.78 is 11.7. The maximum atomic E-state index is 12.4. The van der Waals surface area contributed by atoms with E-state index in [2.05, 4.69) is 31.2 Å². The molecule has 0 aliphatic heterocycles. The number of hydrogen-bond donors (Lipinski definition) is 2. The van der Waals surface area contributed by atoms with Gasteiger partial charge in [-0.2, -0.15) is 0 Å². The zero-order chi connectivity index (χ0) is 22.5. The van der Waals surface area contributed by atoms with Crippen molar-refractivity contribution in [2.45, 2.75) is 6.54 Å². The molecule has 32 heavy (non-hydrogen) atoms. The van der Waals surface area contributed by atoms with Crippen molar-refractivity contribution in [1.82, 2.24) is 15.3 Å². The summed E-state index contributed by atoms with van der Waals surface area (Å²) in [6.07, 6.45) is 0. The number of nitrogens with one attached hydrogen (secondary N) is 2. The SMILES string of the molecule is COc1cc(-c2nc3ccccc3c(=O)[nH]2)cc(Br)c1OCC(=O)NCc1ccccc1. The van der Waals surface area contributed by atoms with Gasteiger partial charge in [-0.05, 0) is 45.8 Å². The van der Waals surface area contributed by atoms with E-state index in [9.17, 15) is 9.59 Å². The van der Waals surface area contributed by atoms with Crippen LogP contribution in [0.25, 0.3) is 22.3 Å². The number of aromatic nitrogens is 2. The van der Waals surface area contributed by atoms with Gasteiger partial charge in [0, 0.05) is 12.1 Å². The molecule has 7 nitrogen and oxygen atoms in total. The van der Waals surface area contributed by atoms with Crippen molar-refractivity contribution in [2.75, 3.05) is 13.7 Å². The van der Waals surface area contributed by atoms with Crippen LogP contribution in [0, 0.1) is 0 Å². The monoisotopic (exact) mass is 493 g/mol. The Morgan fingerprint density at radius 2 is 1.84 bits per heavy atom. The Morgan fingerprint density at radius 3 is 2.62 bits per heavy atom. The first-order valence-corrected chi connectivity index (χ1v) is 10.6. The second-order valence-electron chi connectivity index (χ2n) is 6.97. The van der Waals surface area contributed by atoms with Crippen molar-refractivity contribution < 1.29 is 14.3 Å². The molecule has 2 N–H and O–H groups in total. The zero-order valence-corrected chi connectivity index (χ0v) is 18.8. The van der Waals surface area contributed by atoms with Crippen LogP contribution < -0.4 is 20.3 Å². The van der Waals surface area contributed by atoms with Crippen molar-refractivity contribution >= 4 is 32.7 Å². The lowest BCUT2D eigenvalue weighted by Gasteiger charge is -2.14. The van der Waals surface area contributed by atoms with E-state index in [0.29, 0.717) is 44.8 Å². The molecule has 1 amide bonds. The van der Waals surface area contributed by atoms with Crippen LogP contribution in [0.3, 0.4) is 0 Å². The number of hydrogen-bond acceptors (Lipinski definition) is 5. The fourth-order valence-electron chi connectivity index (χ4n) is 3.21. The predicted octanol–water partition coefficient (Wildman–Crippen LogP) is 4.06. The molecule has 162 valence electrons. The van der Waals surface area contributed by atoms with Crippen LogP contribution in [0.1, 0.15) is 5.56 Å². The van der Waals surface area contributed by atoms with E-state index in [-0.39, 0.29) is 18.1 Å². The fraction of sp³-hybridized carbons (Fsp3) is 0.125. The average Bonchev–Trinajstić information content (AvgIpc) is 2.82. The molecular weight excluding hydrogens is 474 g/mol. The number of carbonyl (C=O) groups is 1. The highest BCUT2D eigenvalue weighted by atomic mass is 79.9. The summed E-state index contributed by atoms with van der Waals surface area (Å²) in [4.78, 5) is 32.0. The Labute approximate surface area is 192 Å². The highest BCUT2D eigenvalue weighted by Gasteiger charge is 2.16. The molecule has 0 aliphatic carbocycles. The summed E-state index contributed by atoms with van der Waals surface area (Å²) in [6, 6.07) is 20.2. The molecule has 0 radical (unpaired) electrons. The Morgan fingerprint density at radius 1 is 1.09 bits per heavy atom. The first kappa shape index (κ1) is 21.6. The number of halogens is 1. The minimum Gasteiger partial charge on any atom is -0.493 e. The topological polar surface area (TPSA) is 93.3 Å². The van der Waals surface area contributed by atoms with Gasteiger partial charge in [-0.1, -0.05) is 42.5 Å². The molecule has 0 unspecified atom stereocenters. The van der Waals surface area contributed by atoms with E-state index in [0.717, 1.165) is 5.56 Å². The van der Waals surface area contributed by atoms with Crippen LogP contribution in [0.15, 0.2) is 76.0 Å². The molecule has 0 saturated carbocycles. The first-order chi connectivity index (χ1) is 15.5. The van der Waals surface area contributed by atoms with E-state index in [1.807, 2.05) is 36.4 Å². The lowest BCUT2D eigenvalue weighted by Crippen LogP contribution is -2.28. The lowest BCUT2D eigenvalue weighted by molar-refractivity contribution is -0.123. The third kappa shape index (κ3) is 4.81. The molecule has 8 heteroatoms. The minimum atomic E-state index is -0.257. The number of ether oxygens (including phenoxy) is 2. The normalized spacial score (nSPS) is 10.7. The Balaban J connectivity index is 1.52. The quantitative estimate of drug-likeness (QED) is 0.404. The summed E-state index contributed by atoms with van der Waals surface area (Å²) in [5, 5.41) is 3.33. The smallest absolute Gasteiger partial charge is 0.259 e. The van der Waals surface area contributed by atoms with Gasteiger partial charge in [-0.3, -0.25) is 9.59 Å². The van der Waals surface area contributed by atoms with Gasteiger partial charge in [0.15, 0.2) is 18.1 Å². The molecule has 3 aromatic carbocycles. The van der Waals surface area contributed by atoms with Crippen molar-refractivity contribution in [3.63, 3.8) is 0 Å². The van der Waals surface area contributed by atoms with E-state index >= 15 is 0 Å². The standard InChI is InChI=1S/C24H20BrN3O4/c1-31-20-12-16(23-27-19-10-6-5-9-17(19)24(30)28-23)11-18(25)22(20)32-14-21(29)26-13-15-7-3-2-4-8-15/h2-12H,13-14H2,1H3,(H,26,29)(H,27,28,30). The van der Waals surface area contributed by atoms with E-state index in [1.54, 1.807) is 30.3 Å². The summed E-state index contributed by atoms with van der Waals surface area (Å²) >= 11 is 3.47. The molecule has 1 aromatic heterocycles. The number of carbonyl (C=O) groups excluding carboxylic acids is 1. The predicted molar refractivity (Wildman–Crippen MR) is 126 cm³/mol. The summed E-state index contributed by atoms with van der Waals surface area (Å²) in [6.45, 7) is 0.244. The summed E-state index contributed by atoms with van der Waals surface area (Å²) in [5.74, 6) is 0.933. The number of rotatable bonds is 7. The molecular formula is C24H20BrN3O4. The van der Waals surface area contributed by atoms with Gasteiger partial charge in [0.25, 0.3) is 11.5 Å². The van der Waals surface area contributed by atoms with Crippen LogP contribution in [0.5, 0.6) is 11.5 Å². The molecule has 4 rings (SSSR count). The van der Waals surface area contributed by atoms with Crippen LogP contribution in [-0.4, -0.2) is 29.6 Å². The second kappa shape index (κ2) is 9.65. The van der Waals surface area contributed by atoms with Gasteiger partial charge in [-0.15, -0.1) is 0 Å². The molecule has 0 spiro atoms. The Bertz CT molecular complexity index is 1320. The number of methoxy groups -OCH3 is 1. The van der Waals surface area contributed by atoms with Crippen molar-refractivity contribution in [3.05, 3.63) is 87.1 Å². The number of nitrogens with zero attached hydrogens (tertiary/aromatic N) is 1. The maximum absolute atomic E-state index is 12.4. The Hall–Kier alpha value is -3.65. The highest BCUT2D eigenvalue weighted by Crippen LogP contribution is 2.39. The van der Waals surface area contributed by atoms with Crippen molar-refractivity contribution in [1.29, 1.82) is 0 Å². The van der Waals surface area contributed by atoms with Crippen LogP contribution in [0.4, 0.5) is 0 Å². The second-order valence-corrected chi connectivity index (χ2v) is 7.83. The average molecular weight is 494 g/mol. The Kier molecular flexibility index (Phi) is 6.51. The van der Waals surface area contributed by atoms with Gasteiger partial charge >= 0.3 is 0 Å². The molecule has 0 fully saturated rings. The molecule has 0 saturated heterocycles. The largest absolute Gasteiger partial charge is 0.493 e. The number of H-pyrrole nitrogens is 1. The first-order valence-electron chi connectivity index (χ1n) is 9.85. The van der Waals surface area contributed by atoms with Crippen LogP contribution in [0.2, 0.25) is 0 Å². The van der Waals surface area contributed by atoms with Gasteiger partial charge in [0.1, 0.15) is 5.82 Å². The van der Waals surface area contributed by atoms with Gasteiger partial charge in [0.2, 0.25) is 0 Å². The maximum Gasteiger partial charge on any atom is 0.259 e. The number of fused-ring (bicyclic) bond motifs is 1. The molecule has 0 bridgehead atoms. The number of benzene rings is 3. The van der Waals surface area contributed by atoms with E-state index in [4.69, 9.17) is 9.47 Å². The van der Waals surface area contributed by atoms with Crippen LogP contribution >= 0.6 is 15.9 Å². The van der Waals surface area contributed by atoms with Crippen LogP contribution in [-0.2, 0) is 11.3 Å². The van der Waals surface area contributed by atoms with Crippen molar-refractivity contribution in [3.8, 4) is 22.9 Å².